The molecule has 3 aromatic carbocycles. The van der Waals surface area contributed by atoms with E-state index in [2.05, 4.69) is 10.4 Å². The Labute approximate surface area is 295 Å². The van der Waals surface area contributed by atoms with Gasteiger partial charge in [0.25, 0.3) is 21.8 Å². The number of carbonyl (C=O) groups excluding carboxylic acids is 3. The molecule has 0 radical (unpaired) electrons. The first-order chi connectivity index (χ1) is 24.5. The summed E-state index contributed by atoms with van der Waals surface area (Å²) in [6, 6.07) is 17.6. The summed E-state index contributed by atoms with van der Waals surface area (Å²) in [5.41, 5.74) is 0.812. The number of amides is 3. The van der Waals surface area contributed by atoms with Crippen LogP contribution in [0.5, 0.6) is 0 Å². The number of rotatable bonds is 12. The van der Waals surface area contributed by atoms with Gasteiger partial charge in [-0.2, -0.15) is 18.3 Å². The van der Waals surface area contributed by atoms with E-state index in [1.807, 2.05) is 6.92 Å². The Morgan fingerprint density at radius 1 is 1.02 bits per heavy atom. The highest BCUT2D eigenvalue weighted by Gasteiger charge is 2.37. The lowest BCUT2D eigenvalue weighted by Gasteiger charge is -2.26. The number of benzene rings is 3. The third-order valence-electron chi connectivity index (χ3n) is 8.05. The molecule has 1 aliphatic rings. The molecule has 1 N–H and O–H groups in total. The quantitative estimate of drug-likeness (QED) is 0.0867. The number of sulfonamides is 1. The molecule has 3 amide bonds. The summed E-state index contributed by atoms with van der Waals surface area (Å²) >= 11 is 0. The summed E-state index contributed by atoms with van der Waals surface area (Å²) in [5, 5.41) is 20.7. The second kappa shape index (κ2) is 14.7. The van der Waals surface area contributed by atoms with Crippen molar-refractivity contribution >= 4 is 27.9 Å². The maximum atomic E-state index is 13.6. The van der Waals surface area contributed by atoms with Gasteiger partial charge in [-0.3, -0.25) is 9.59 Å². The van der Waals surface area contributed by atoms with Crippen LogP contribution in [0.25, 0.3) is 16.9 Å². The monoisotopic (exact) mass is 743 g/mol. The van der Waals surface area contributed by atoms with Gasteiger partial charge in [0.2, 0.25) is 12.0 Å². The zero-order valence-corrected chi connectivity index (χ0v) is 28.9. The number of aryl methyl sites for hydroxylation is 1. The summed E-state index contributed by atoms with van der Waals surface area (Å²) < 4.78 is 74.5. The van der Waals surface area contributed by atoms with Gasteiger partial charge in [0.1, 0.15) is 12.6 Å². The van der Waals surface area contributed by atoms with E-state index < -0.39 is 64.1 Å². The highest BCUT2D eigenvalue weighted by atomic mass is 32.2. The number of ether oxygens (including phenoxy) is 1. The average molecular weight is 744 g/mol. The zero-order valence-electron chi connectivity index (χ0n) is 28.1. The van der Waals surface area contributed by atoms with Crippen LogP contribution in [0.2, 0.25) is 0 Å². The number of hydrazine groups is 1. The number of likely N-dealkylation sites (N-methyl/N-ethyl adjacent to an activating group) is 1. The molecular weight excluding hydrogens is 711 g/mol. The van der Waals surface area contributed by atoms with E-state index in [9.17, 15) is 41.2 Å². The van der Waals surface area contributed by atoms with Crippen LogP contribution in [0.4, 0.5) is 18.0 Å². The van der Waals surface area contributed by atoms with Gasteiger partial charge in [0, 0.05) is 5.56 Å². The van der Waals surface area contributed by atoms with Gasteiger partial charge in [-0.25, -0.2) is 27.5 Å². The third-order valence-corrected chi connectivity index (χ3v) is 9.38. The van der Waals surface area contributed by atoms with E-state index in [1.165, 1.54) is 31.3 Å². The Morgan fingerprint density at radius 2 is 1.62 bits per heavy atom. The van der Waals surface area contributed by atoms with Crippen molar-refractivity contribution in [2.75, 3.05) is 20.4 Å². The first kappa shape index (κ1) is 37.3. The first-order valence-corrected chi connectivity index (χ1v) is 17.0. The minimum atomic E-state index is -4.74. The van der Waals surface area contributed by atoms with Crippen LogP contribution in [0.1, 0.15) is 45.8 Å². The molecule has 0 saturated carbocycles. The fraction of sp³-hybridized carbons (Fsp3) is 0.273. The Morgan fingerprint density at radius 3 is 2.17 bits per heavy atom. The summed E-state index contributed by atoms with van der Waals surface area (Å²) in [6.07, 6.45) is -6.11. The summed E-state index contributed by atoms with van der Waals surface area (Å²) in [4.78, 5) is 42.9. The maximum absolute atomic E-state index is 13.6. The Hall–Kier alpha value is -5.98. The standard InChI is InChI=1S/C33H32F3N7O8S/c1-20(2)28(40(4)43(47)39-51-19-41-30(44)25-7-5-6-8-26(25)31(41)45)18-50-32(46)38-52(48,49)24-15-13-23(14-16-24)42-27(17-29(37-42)33(34,35)36)22-11-9-21(3)10-12-22/h5-17,20,28H,18-19H2,1-4H3,(H,38,46)/b43-39+/t28-/m1/s1. The van der Waals surface area contributed by atoms with Gasteiger partial charge in [0.15, 0.2) is 5.69 Å². The smallest absolute Gasteiger partial charge is 0.435 e. The average Bonchev–Trinajstić information content (AvgIpc) is 3.65. The number of carbonyl (C=O) groups is 3. The zero-order chi connectivity index (χ0) is 38.0. The maximum Gasteiger partial charge on any atom is 0.435 e. The summed E-state index contributed by atoms with van der Waals surface area (Å²) in [7, 11) is -3.22. The van der Waals surface area contributed by atoms with Gasteiger partial charge >= 0.3 is 12.3 Å². The van der Waals surface area contributed by atoms with Crippen LogP contribution >= 0.6 is 0 Å². The lowest BCUT2D eigenvalue weighted by molar-refractivity contribution is -0.714. The van der Waals surface area contributed by atoms with E-state index in [-0.39, 0.29) is 33.4 Å². The Kier molecular flexibility index (Phi) is 10.5. The van der Waals surface area contributed by atoms with Gasteiger partial charge in [-0.15, -0.1) is 5.01 Å². The molecule has 274 valence electrons. The molecule has 0 fully saturated rings. The van der Waals surface area contributed by atoms with E-state index in [0.717, 1.165) is 38.4 Å². The molecule has 0 spiro atoms. The topological polar surface area (TPSA) is 179 Å². The second-order valence-electron chi connectivity index (χ2n) is 11.9. The predicted molar refractivity (Wildman–Crippen MR) is 176 cm³/mol. The molecular formula is C33H32F3N7O8S. The van der Waals surface area contributed by atoms with Crippen molar-refractivity contribution < 1.29 is 50.5 Å². The largest absolute Gasteiger partial charge is 0.569 e. The molecule has 0 unspecified atom stereocenters. The number of fused-ring (bicyclic) bond motifs is 1. The second-order valence-corrected chi connectivity index (χ2v) is 13.6. The third kappa shape index (κ3) is 7.98. The molecule has 0 aliphatic carbocycles. The summed E-state index contributed by atoms with van der Waals surface area (Å²) in [5.74, 6) is -1.58. The van der Waals surface area contributed by atoms with E-state index in [0.29, 0.717) is 5.56 Å². The van der Waals surface area contributed by atoms with Crippen molar-refractivity contribution in [2.45, 2.75) is 37.9 Å². The van der Waals surface area contributed by atoms with Crippen LogP contribution in [0.15, 0.2) is 89.0 Å². The molecule has 1 atom stereocenters. The first-order valence-electron chi connectivity index (χ1n) is 15.5. The van der Waals surface area contributed by atoms with Crippen LogP contribution < -0.4 is 4.72 Å². The number of nitrogens with zero attached hydrogens (tertiary/aromatic N) is 6. The van der Waals surface area contributed by atoms with Crippen LogP contribution in [-0.4, -0.2) is 77.4 Å². The SMILES string of the molecule is Cc1ccc(-c2cc(C(F)(F)F)nn2-c2ccc(S(=O)(=O)NC(=O)OC[C@H](C(C)C)N(C)/[N+]([O-])=N\OCN3C(=O)c4ccccc4C3=O)cc2)cc1. The van der Waals surface area contributed by atoms with Crippen molar-refractivity contribution in [3.63, 3.8) is 0 Å². The number of imide groups is 1. The highest BCUT2D eigenvalue weighted by molar-refractivity contribution is 7.90. The molecule has 19 heteroatoms. The Balaban J connectivity index is 1.21. The number of nitrogens with one attached hydrogen (secondary N) is 1. The molecule has 1 aliphatic heterocycles. The molecule has 15 nitrogen and oxygen atoms in total. The fourth-order valence-electron chi connectivity index (χ4n) is 5.18. The molecule has 52 heavy (non-hydrogen) atoms. The molecule has 5 rings (SSSR count). The van der Waals surface area contributed by atoms with Crippen LogP contribution in [-0.2, 0) is 25.8 Å². The Bertz CT molecular complexity index is 2080. The number of hydrogen-bond donors (Lipinski definition) is 1. The van der Waals surface area contributed by atoms with E-state index in [1.54, 1.807) is 55.0 Å². The van der Waals surface area contributed by atoms with Crippen LogP contribution in [0.3, 0.4) is 0 Å². The number of alkyl halides is 3. The normalized spacial score (nSPS) is 14.0. The fourth-order valence-corrected chi connectivity index (χ4v) is 6.07. The predicted octanol–water partition coefficient (Wildman–Crippen LogP) is 5.30. The van der Waals surface area contributed by atoms with Crippen molar-refractivity contribution in [3.05, 3.63) is 106 Å². The van der Waals surface area contributed by atoms with Gasteiger partial charge in [-0.05, 0) is 55.3 Å². The minimum absolute atomic E-state index is 0.0178. The van der Waals surface area contributed by atoms with Crippen molar-refractivity contribution in [1.29, 1.82) is 0 Å². The van der Waals surface area contributed by atoms with E-state index in [4.69, 9.17) is 9.57 Å². The van der Waals surface area contributed by atoms with Gasteiger partial charge < -0.3 is 14.8 Å². The molecule has 4 aromatic rings. The molecule has 2 heterocycles. The minimum Gasteiger partial charge on any atom is -0.569 e. The van der Waals surface area contributed by atoms with Crippen LogP contribution in [0, 0.1) is 18.0 Å². The number of hydrogen-bond acceptors (Lipinski definition) is 10. The molecule has 1 aromatic heterocycles. The molecule has 0 bridgehead atoms. The number of aromatic nitrogens is 2. The van der Waals surface area contributed by atoms with Gasteiger partial charge in [0.05, 0.1) is 39.4 Å². The van der Waals surface area contributed by atoms with Gasteiger partial charge in [-0.1, -0.05) is 55.8 Å². The number of halogens is 3. The highest BCUT2D eigenvalue weighted by Crippen LogP contribution is 2.33. The van der Waals surface area contributed by atoms with Crippen molar-refractivity contribution in [1.82, 2.24) is 24.4 Å². The van der Waals surface area contributed by atoms with Crippen molar-refractivity contribution in [2.24, 2.45) is 11.2 Å². The lowest BCUT2D eigenvalue weighted by atomic mass is 10.1. The lowest BCUT2D eigenvalue weighted by Crippen LogP contribution is -2.45. The molecule has 0 saturated heterocycles. The van der Waals surface area contributed by atoms with E-state index >= 15 is 0 Å². The summed E-state index contributed by atoms with van der Waals surface area (Å²) in [6.45, 7) is 4.08. The van der Waals surface area contributed by atoms with Crippen molar-refractivity contribution in [3.8, 4) is 16.9 Å².